The third-order valence-electron chi connectivity index (χ3n) is 13.2. The first-order valence-electron chi connectivity index (χ1n) is 25.3. The summed E-state index contributed by atoms with van der Waals surface area (Å²) < 4.78 is 39.9. The number of aldehydes is 1. The second-order valence-electron chi connectivity index (χ2n) is 20.2. The number of nitrogens with two attached hydrogens (primary N) is 1. The van der Waals surface area contributed by atoms with Gasteiger partial charge >= 0.3 is 12.3 Å². The van der Waals surface area contributed by atoms with E-state index in [1.54, 1.807) is 28.8 Å². The highest BCUT2D eigenvalue weighted by Crippen LogP contribution is 2.35. The molecule has 23 heteroatoms. The Hall–Kier alpha value is -6.06. The number of hydrogen-bond acceptors (Lipinski definition) is 12. The van der Waals surface area contributed by atoms with Crippen LogP contribution < -0.4 is 21.3 Å². The molecule has 4 aliphatic rings. The van der Waals surface area contributed by atoms with E-state index in [0.717, 1.165) is 117 Å². The molecule has 0 radical (unpaired) electrons. The number of imidazole rings is 2. The van der Waals surface area contributed by atoms with Crippen LogP contribution in [0, 0.1) is 13.8 Å². The Morgan fingerprint density at radius 2 is 1.26 bits per heavy atom. The number of halogens is 6. The molecule has 10 rings (SSSR count). The number of nitrogens with zero attached hydrogens (tertiary/aromatic N) is 9. The molecule has 0 saturated carbocycles. The largest absolute Gasteiger partial charge is 0.446 e. The smallest absolute Gasteiger partial charge is 0.444 e. The maximum absolute atomic E-state index is 13.4. The molecular formula is C53H64Cl3F3N12O5. The van der Waals surface area contributed by atoms with Crippen LogP contribution in [-0.2, 0) is 9.53 Å². The fourth-order valence-corrected chi connectivity index (χ4v) is 9.92. The average molecular weight is 1110 g/mol. The minimum Gasteiger partial charge on any atom is -0.444 e. The lowest BCUT2D eigenvalue weighted by Crippen LogP contribution is -2.40. The first kappa shape index (κ1) is 57.6. The number of carbonyl (C=O) groups is 4. The molecule has 3 amide bonds. The minimum absolute atomic E-state index is 0.00209. The van der Waals surface area contributed by atoms with E-state index in [9.17, 15) is 27.6 Å². The number of alkyl carbamates (subject to hydrolysis) is 1. The minimum atomic E-state index is -4.64. The lowest BCUT2D eigenvalue weighted by molar-refractivity contribution is -0.156. The number of likely N-dealkylation sites (tertiary alicyclic amines) is 2. The van der Waals surface area contributed by atoms with Gasteiger partial charge < -0.3 is 35.8 Å². The van der Waals surface area contributed by atoms with Crippen molar-refractivity contribution in [3.8, 4) is 0 Å². The van der Waals surface area contributed by atoms with Gasteiger partial charge in [-0.15, -0.1) is 5.10 Å². The topological polar surface area (TPSA) is 198 Å². The first-order valence-corrected chi connectivity index (χ1v) is 26.5. The summed E-state index contributed by atoms with van der Waals surface area (Å²) in [4.78, 5) is 62.2. The second kappa shape index (κ2) is 25.4. The van der Waals surface area contributed by atoms with Crippen LogP contribution >= 0.6 is 34.8 Å². The van der Waals surface area contributed by atoms with Crippen LogP contribution in [0.15, 0.2) is 73.1 Å². The van der Waals surface area contributed by atoms with Crippen molar-refractivity contribution in [3.05, 3.63) is 122 Å². The zero-order valence-electron chi connectivity index (χ0n) is 43.1. The van der Waals surface area contributed by atoms with Gasteiger partial charge in [0, 0.05) is 66.0 Å². The third-order valence-corrected chi connectivity index (χ3v) is 13.8. The number of hydrogen-bond donors (Lipinski definition) is 3. The average Bonchev–Trinajstić information content (AvgIpc) is 4.23. The molecular weight excluding hydrogens is 1050 g/mol. The van der Waals surface area contributed by atoms with Gasteiger partial charge in [-0.2, -0.15) is 18.3 Å². The van der Waals surface area contributed by atoms with Crippen LogP contribution in [0.5, 0.6) is 0 Å². The van der Waals surface area contributed by atoms with E-state index >= 15 is 0 Å². The summed E-state index contributed by atoms with van der Waals surface area (Å²) in [6.07, 6.45) is 5.66. The van der Waals surface area contributed by atoms with Gasteiger partial charge in [0.25, 0.3) is 11.8 Å². The number of fused-ring (bicyclic) bond motifs is 2. The summed E-state index contributed by atoms with van der Waals surface area (Å²) in [7, 11) is 0. The zero-order chi connectivity index (χ0) is 54.9. The van der Waals surface area contributed by atoms with Crippen molar-refractivity contribution in [1.82, 2.24) is 49.6 Å². The summed E-state index contributed by atoms with van der Waals surface area (Å²) in [5, 5.41) is 16.5. The summed E-state index contributed by atoms with van der Waals surface area (Å²) >= 11 is 18.3. The van der Waals surface area contributed by atoms with Gasteiger partial charge in [0.15, 0.2) is 11.3 Å². The summed E-state index contributed by atoms with van der Waals surface area (Å²) in [6, 6.07) is 18.7. The Morgan fingerprint density at radius 1 is 0.737 bits per heavy atom. The summed E-state index contributed by atoms with van der Waals surface area (Å²) in [6.45, 7) is 14.4. The molecule has 17 nitrogen and oxygen atoms in total. The van der Waals surface area contributed by atoms with Gasteiger partial charge in [0.2, 0.25) is 6.29 Å². The lowest BCUT2D eigenvalue weighted by Gasteiger charge is -2.35. The molecule has 4 aliphatic heterocycles. The van der Waals surface area contributed by atoms with Crippen molar-refractivity contribution < 1.29 is 37.1 Å². The van der Waals surface area contributed by atoms with Crippen molar-refractivity contribution >= 4 is 76.1 Å². The van der Waals surface area contributed by atoms with Gasteiger partial charge in [-0.05, 0) is 152 Å². The molecule has 4 saturated heterocycles. The first-order chi connectivity index (χ1) is 36.0. The van der Waals surface area contributed by atoms with Gasteiger partial charge in [-0.3, -0.25) is 14.4 Å². The van der Waals surface area contributed by atoms with E-state index in [1.165, 1.54) is 0 Å². The number of nitrogens with one attached hydrogen (secondary N) is 2. The monoisotopic (exact) mass is 1110 g/mol. The molecule has 4 fully saturated rings. The van der Waals surface area contributed by atoms with Crippen LogP contribution in [-0.4, -0.2) is 126 Å². The van der Waals surface area contributed by atoms with Crippen molar-refractivity contribution in [1.29, 1.82) is 0 Å². The fourth-order valence-electron chi connectivity index (χ4n) is 9.43. The highest BCUT2D eigenvalue weighted by molar-refractivity contribution is 6.31. The van der Waals surface area contributed by atoms with Crippen LogP contribution in [0.25, 0.3) is 11.3 Å². The highest BCUT2D eigenvalue weighted by atomic mass is 35.5. The van der Waals surface area contributed by atoms with E-state index in [4.69, 9.17) is 60.2 Å². The zero-order valence-corrected chi connectivity index (χ0v) is 45.4. The van der Waals surface area contributed by atoms with Crippen LogP contribution in [0.2, 0.25) is 15.2 Å². The number of benzene rings is 2. The van der Waals surface area contributed by atoms with E-state index < -0.39 is 18.1 Å². The van der Waals surface area contributed by atoms with E-state index in [-0.39, 0.29) is 42.1 Å². The number of rotatable bonds is 6. The highest BCUT2D eigenvalue weighted by Gasteiger charge is 2.33. The molecule has 4 atom stereocenters. The molecule has 0 aliphatic carbocycles. The Kier molecular flexibility index (Phi) is 19.3. The maximum atomic E-state index is 13.4. The molecule has 2 aromatic carbocycles. The Balaban J connectivity index is 0.000000168. The molecule has 76 heavy (non-hydrogen) atoms. The normalized spacial score (nSPS) is 19.7. The Labute approximate surface area is 454 Å². The predicted molar refractivity (Wildman–Crippen MR) is 286 cm³/mol. The number of carbonyl (C=O) groups excluding carboxylic acids is 4. The number of amides is 3. The number of alkyl halides is 3. The maximum Gasteiger partial charge on any atom is 0.446 e. The molecule has 408 valence electrons. The third kappa shape index (κ3) is 15.5. The lowest BCUT2D eigenvalue weighted by atomic mass is 9.97. The van der Waals surface area contributed by atoms with Crippen molar-refractivity contribution in [2.24, 2.45) is 5.73 Å². The van der Waals surface area contributed by atoms with Gasteiger partial charge in [-0.25, -0.2) is 23.8 Å². The number of aryl methyl sites for hydroxylation is 2. The fraction of sp³-hybridized carbons (Fsp3) is 0.472. The molecule has 0 spiro atoms. The second-order valence-corrected chi connectivity index (χ2v) is 21.5. The van der Waals surface area contributed by atoms with Crippen LogP contribution in [0.4, 0.5) is 23.8 Å². The molecule has 4 aromatic heterocycles. The number of ether oxygens (including phenoxy) is 1. The molecule has 0 unspecified atom stereocenters. The number of aromatic nitrogens is 6. The Morgan fingerprint density at radius 3 is 1.74 bits per heavy atom. The van der Waals surface area contributed by atoms with Gasteiger partial charge in [0.1, 0.15) is 16.6 Å². The number of anilines is 1. The van der Waals surface area contributed by atoms with Crippen LogP contribution in [0.1, 0.15) is 127 Å². The standard InChI is InChI=1S/C23H27ClN6O.C19H18Cl2N4O.C9H18N2O2.C2HF3O/c1-15-5-6-16(24)12-18(15)23(31)29-10-3-2-4-20(29)19-14-30-21(26-19)7-8-22(27-30)28-11-9-17(25)13-28;1-12-5-6-13(20)10-14(12)19(26)24-9-3-2-4-16(24)15-11-25-18(22-15)8-7-17(21)23-25;1-9(2,3)13-8(12)11-7-4-5-10-6-7;3-2(4,5)1-6/h5-8,12,14,17,20H,2-4,9-11,13,25H2,1H3;5-8,10-11,16H,2-4,9H2,1H3;7,10H,4-6H2,1-3H3,(H,11,12);1H/t17-,20-;16-;7-;/m000./s1. The van der Waals surface area contributed by atoms with Crippen molar-refractivity contribution in [2.45, 2.75) is 122 Å². The SMILES string of the molecule is CC(C)(C)OC(=O)N[C@H]1CCNC1.Cc1ccc(Cl)cc1C(=O)N1CCCC[C@H]1c1cn2nc(Cl)ccc2n1.Cc1ccc(Cl)cc1C(=O)N1CCCC[C@H]1c1cn2nc(N3CC[C@H](N)C3)ccc2n1.O=CC(F)(F)F. The van der Waals surface area contributed by atoms with Gasteiger partial charge in [-0.1, -0.05) is 46.9 Å². The summed E-state index contributed by atoms with van der Waals surface area (Å²) in [5.41, 5.74) is 12.1. The van der Waals surface area contributed by atoms with E-state index in [0.29, 0.717) is 39.4 Å². The van der Waals surface area contributed by atoms with Crippen LogP contribution in [0.3, 0.4) is 0 Å². The molecule has 8 heterocycles. The summed E-state index contributed by atoms with van der Waals surface area (Å²) in [5.74, 6) is 0.926. The van der Waals surface area contributed by atoms with E-state index in [2.05, 4.69) is 25.6 Å². The number of piperidine rings is 2. The Bertz CT molecular complexity index is 3000. The quantitative estimate of drug-likeness (QED) is 0.134. The van der Waals surface area contributed by atoms with Crippen molar-refractivity contribution in [3.63, 3.8) is 0 Å². The van der Waals surface area contributed by atoms with Crippen molar-refractivity contribution in [2.75, 3.05) is 44.2 Å². The molecule has 4 N–H and O–H groups in total. The molecule has 0 bridgehead atoms. The predicted octanol–water partition coefficient (Wildman–Crippen LogP) is 9.93. The molecule has 6 aromatic rings. The van der Waals surface area contributed by atoms with Gasteiger partial charge in [0.05, 0.1) is 35.9 Å². The van der Waals surface area contributed by atoms with E-state index in [1.807, 2.05) is 97.7 Å².